The molecule has 0 fully saturated rings. The number of halogens is 4. The minimum absolute atomic E-state index is 0.119. The molecule has 126 valence electrons. The third-order valence-corrected chi connectivity index (χ3v) is 5.17. The largest absolute Gasteiger partial charge is 0.397 e. The second kappa shape index (κ2) is 9.97. The molecule has 22 heavy (non-hydrogen) atoms. The first-order valence-corrected chi connectivity index (χ1v) is 9.32. The molecule has 0 unspecified atom stereocenters. The SMILES string of the molecule is CCCO[SiH](CCCc1cc(F)c(F)c(F)c1F)OCCC. The molecule has 0 aromatic heterocycles. The van der Waals surface area contributed by atoms with Crippen molar-refractivity contribution in [2.75, 3.05) is 13.2 Å². The van der Waals surface area contributed by atoms with Gasteiger partial charge in [-0.1, -0.05) is 13.8 Å². The average molecular weight is 338 g/mol. The van der Waals surface area contributed by atoms with E-state index in [0.717, 1.165) is 12.8 Å². The summed E-state index contributed by atoms with van der Waals surface area (Å²) in [5.74, 6) is -6.22. The van der Waals surface area contributed by atoms with Gasteiger partial charge in [-0.05, 0) is 43.4 Å². The van der Waals surface area contributed by atoms with E-state index in [1.165, 1.54) is 0 Å². The van der Waals surface area contributed by atoms with E-state index in [4.69, 9.17) is 8.85 Å². The molecule has 0 N–H and O–H groups in total. The van der Waals surface area contributed by atoms with E-state index in [9.17, 15) is 17.6 Å². The molecule has 1 rings (SSSR count). The zero-order valence-corrected chi connectivity index (χ0v) is 14.1. The lowest BCUT2D eigenvalue weighted by Gasteiger charge is -2.16. The van der Waals surface area contributed by atoms with Gasteiger partial charge in [-0.15, -0.1) is 0 Å². The van der Waals surface area contributed by atoms with Crippen LogP contribution in [-0.2, 0) is 15.3 Å². The number of hydrogen-bond donors (Lipinski definition) is 0. The molecular formula is C15H22F4O2Si. The van der Waals surface area contributed by atoms with Crippen LogP contribution >= 0.6 is 0 Å². The van der Waals surface area contributed by atoms with Crippen LogP contribution in [0, 0.1) is 23.3 Å². The third-order valence-electron chi connectivity index (χ3n) is 3.08. The van der Waals surface area contributed by atoms with Crippen molar-refractivity contribution >= 4 is 9.28 Å². The molecule has 2 nitrogen and oxygen atoms in total. The van der Waals surface area contributed by atoms with Crippen molar-refractivity contribution in [1.82, 2.24) is 0 Å². The molecule has 0 amide bonds. The highest BCUT2D eigenvalue weighted by atomic mass is 28.3. The van der Waals surface area contributed by atoms with Crippen molar-refractivity contribution in [2.24, 2.45) is 0 Å². The minimum atomic E-state index is -1.84. The third kappa shape index (κ3) is 5.70. The molecule has 0 spiro atoms. The van der Waals surface area contributed by atoms with E-state index in [1.54, 1.807) is 0 Å². The second-order valence-corrected chi connectivity index (χ2v) is 7.13. The Morgan fingerprint density at radius 1 is 0.909 bits per heavy atom. The van der Waals surface area contributed by atoms with Crippen LogP contribution in [0.1, 0.15) is 38.7 Å². The van der Waals surface area contributed by atoms with Crippen LogP contribution in [0.5, 0.6) is 0 Å². The maximum atomic E-state index is 13.5. The Balaban J connectivity index is 2.57. The van der Waals surface area contributed by atoms with Crippen LogP contribution in [0.25, 0.3) is 0 Å². The van der Waals surface area contributed by atoms with E-state index in [0.29, 0.717) is 31.7 Å². The van der Waals surface area contributed by atoms with Crippen molar-refractivity contribution in [1.29, 1.82) is 0 Å². The summed E-state index contributed by atoms with van der Waals surface area (Å²) in [6.45, 7) is 5.19. The summed E-state index contributed by atoms with van der Waals surface area (Å²) < 4.78 is 64.0. The molecule has 0 heterocycles. The first-order chi connectivity index (χ1) is 10.5. The van der Waals surface area contributed by atoms with Gasteiger partial charge in [0.1, 0.15) is 0 Å². The van der Waals surface area contributed by atoms with Crippen molar-refractivity contribution in [3.05, 3.63) is 34.9 Å². The molecule has 1 aromatic rings. The number of aryl methyl sites for hydroxylation is 1. The van der Waals surface area contributed by atoms with Gasteiger partial charge in [-0.3, -0.25) is 0 Å². The maximum Gasteiger partial charge on any atom is 0.321 e. The highest BCUT2D eigenvalue weighted by Gasteiger charge is 2.19. The summed E-state index contributed by atoms with van der Waals surface area (Å²) in [5, 5.41) is 0. The standard InChI is InChI=1S/C15H22F4O2Si/c1-3-7-20-22(21-8-4-2)9-5-6-11-10-12(16)14(18)15(19)13(11)17/h10,22H,3-9H2,1-2H3. The first kappa shape index (κ1) is 19.1. The predicted molar refractivity (Wildman–Crippen MR) is 79.0 cm³/mol. The zero-order chi connectivity index (χ0) is 16.5. The average Bonchev–Trinajstić information content (AvgIpc) is 2.52. The predicted octanol–water partition coefficient (Wildman–Crippen LogP) is 4.25. The van der Waals surface area contributed by atoms with E-state index in [1.807, 2.05) is 13.8 Å². The lowest BCUT2D eigenvalue weighted by molar-refractivity contribution is 0.196. The maximum absolute atomic E-state index is 13.5. The monoisotopic (exact) mass is 338 g/mol. The summed E-state index contributed by atoms with van der Waals surface area (Å²) in [5.41, 5.74) is -0.157. The lowest BCUT2D eigenvalue weighted by atomic mass is 10.1. The summed E-state index contributed by atoms with van der Waals surface area (Å²) in [7, 11) is -1.84. The molecule has 0 aliphatic heterocycles. The molecular weight excluding hydrogens is 316 g/mol. The molecule has 1 aromatic carbocycles. The van der Waals surface area contributed by atoms with Gasteiger partial charge in [0.05, 0.1) is 0 Å². The molecule has 0 radical (unpaired) electrons. The Kier molecular flexibility index (Phi) is 8.66. The Labute approximate surface area is 130 Å². The zero-order valence-electron chi connectivity index (χ0n) is 12.9. The fraction of sp³-hybridized carbons (Fsp3) is 0.600. The molecule has 0 aliphatic rings. The van der Waals surface area contributed by atoms with Crippen LogP contribution in [0.15, 0.2) is 6.07 Å². The molecule has 0 aliphatic carbocycles. The van der Waals surface area contributed by atoms with E-state index in [-0.39, 0.29) is 12.0 Å². The van der Waals surface area contributed by atoms with Crippen LogP contribution in [0.2, 0.25) is 6.04 Å². The fourth-order valence-corrected chi connectivity index (χ4v) is 3.94. The normalized spacial score (nSPS) is 11.4. The number of hydrogen-bond acceptors (Lipinski definition) is 2. The van der Waals surface area contributed by atoms with Gasteiger partial charge >= 0.3 is 9.28 Å². The quantitative estimate of drug-likeness (QED) is 0.275. The second-order valence-electron chi connectivity index (χ2n) is 5.02. The van der Waals surface area contributed by atoms with Gasteiger partial charge in [0.15, 0.2) is 23.3 Å². The molecule has 7 heteroatoms. The van der Waals surface area contributed by atoms with Gasteiger partial charge in [-0.2, -0.15) is 0 Å². The van der Waals surface area contributed by atoms with Crippen LogP contribution in [0.4, 0.5) is 17.6 Å². The highest BCUT2D eigenvalue weighted by Crippen LogP contribution is 2.20. The van der Waals surface area contributed by atoms with Crippen molar-refractivity contribution < 1.29 is 26.4 Å². The Hall–Kier alpha value is -0.923. The smallest absolute Gasteiger partial charge is 0.321 e. The number of benzene rings is 1. The fourth-order valence-electron chi connectivity index (χ4n) is 1.98. The molecule has 0 bridgehead atoms. The summed E-state index contributed by atoms with van der Waals surface area (Å²) in [6, 6.07) is 1.32. The van der Waals surface area contributed by atoms with Crippen LogP contribution in [-0.4, -0.2) is 22.5 Å². The van der Waals surface area contributed by atoms with Crippen molar-refractivity contribution in [2.45, 2.75) is 45.6 Å². The van der Waals surface area contributed by atoms with Gasteiger partial charge < -0.3 is 8.85 Å². The van der Waals surface area contributed by atoms with Gasteiger partial charge in [0, 0.05) is 13.2 Å². The van der Waals surface area contributed by atoms with Crippen LogP contribution < -0.4 is 0 Å². The minimum Gasteiger partial charge on any atom is -0.397 e. The Bertz CT molecular complexity index is 463. The van der Waals surface area contributed by atoms with Crippen molar-refractivity contribution in [3.63, 3.8) is 0 Å². The topological polar surface area (TPSA) is 18.5 Å². The Morgan fingerprint density at radius 3 is 2.05 bits per heavy atom. The van der Waals surface area contributed by atoms with Gasteiger partial charge in [0.2, 0.25) is 0 Å². The highest BCUT2D eigenvalue weighted by molar-refractivity contribution is 6.44. The van der Waals surface area contributed by atoms with E-state index >= 15 is 0 Å². The van der Waals surface area contributed by atoms with E-state index in [2.05, 4.69) is 0 Å². The summed E-state index contributed by atoms with van der Waals surface area (Å²) >= 11 is 0. The molecule has 0 saturated heterocycles. The summed E-state index contributed by atoms with van der Waals surface area (Å²) in [4.78, 5) is 0. The van der Waals surface area contributed by atoms with Gasteiger partial charge in [-0.25, -0.2) is 17.6 Å². The first-order valence-electron chi connectivity index (χ1n) is 7.56. The molecule has 0 saturated carbocycles. The summed E-state index contributed by atoms with van der Waals surface area (Å²) in [6.07, 6.45) is 2.35. The molecule has 0 atom stereocenters. The Morgan fingerprint density at radius 2 is 1.50 bits per heavy atom. The van der Waals surface area contributed by atoms with Crippen LogP contribution in [0.3, 0.4) is 0 Å². The number of rotatable bonds is 10. The van der Waals surface area contributed by atoms with E-state index < -0.39 is 32.6 Å². The van der Waals surface area contributed by atoms with Gasteiger partial charge in [0.25, 0.3) is 0 Å². The lowest BCUT2D eigenvalue weighted by Crippen LogP contribution is -2.24. The van der Waals surface area contributed by atoms with Crippen molar-refractivity contribution in [3.8, 4) is 0 Å².